The SMILES string of the molecule is COc1ccc(C(=O)NCC(N2CCNCC2)C(F)(F)F)cc1OC. The number of ether oxygens (including phenoxy) is 2. The van der Waals surface area contributed by atoms with Crippen molar-refractivity contribution in [3.8, 4) is 11.5 Å². The van der Waals surface area contributed by atoms with Gasteiger partial charge in [-0.05, 0) is 18.2 Å². The van der Waals surface area contributed by atoms with Crippen LogP contribution in [0, 0.1) is 0 Å². The molecule has 140 valence electrons. The van der Waals surface area contributed by atoms with Crippen molar-refractivity contribution < 1.29 is 27.4 Å². The van der Waals surface area contributed by atoms with Crippen LogP contribution in [0.1, 0.15) is 10.4 Å². The number of hydrogen-bond donors (Lipinski definition) is 2. The van der Waals surface area contributed by atoms with Crippen LogP contribution in [-0.4, -0.2) is 70.0 Å². The highest BCUT2D eigenvalue weighted by molar-refractivity contribution is 5.94. The molecule has 1 heterocycles. The van der Waals surface area contributed by atoms with E-state index in [-0.39, 0.29) is 18.7 Å². The lowest BCUT2D eigenvalue weighted by Gasteiger charge is -2.35. The molecule has 0 bridgehead atoms. The van der Waals surface area contributed by atoms with Gasteiger partial charge in [-0.15, -0.1) is 0 Å². The van der Waals surface area contributed by atoms with Crippen LogP contribution in [0.3, 0.4) is 0 Å². The maximum Gasteiger partial charge on any atom is 0.405 e. The molecule has 1 saturated heterocycles. The summed E-state index contributed by atoms with van der Waals surface area (Å²) in [5.74, 6) is 0.183. The Morgan fingerprint density at radius 2 is 1.88 bits per heavy atom. The lowest BCUT2D eigenvalue weighted by molar-refractivity contribution is -0.183. The van der Waals surface area contributed by atoms with Gasteiger partial charge in [0, 0.05) is 38.3 Å². The van der Waals surface area contributed by atoms with E-state index in [0.29, 0.717) is 24.6 Å². The van der Waals surface area contributed by atoms with Crippen molar-refractivity contribution in [2.24, 2.45) is 0 Å². The second kappa shape index (κ2) is 8.39. The van der Waals surface area contributed by atoms with Gasteiger partial charge in [0.2, 0.25) is 0 Å². The Bertz CT molecular complexity index is 590. The Balaban J connectivity index is 2.05. The molecule has 2 rings (SSSR count). The van der Waals surface area contributed by atoms with Gasteiger partial charge in [0.25, 0.3) is 5.91 Å². The van der Waals surface area contributed by atoms with E-state index < -0.39 is 24.7 Å². The van der Waals surface area contributed by atoms with Crippen LogP contribution in [0.5, 0.6) is 11.5 Å². The largest absolute Gasteiger partial charge is 0.493 e. The molecule has 0 spiro atoms. The van der Waals surface area contributed by atoms with E-state index >= 15 is 0 Å². The molecule has 0 aliphatic carbocycles. The Morgan fingerprint density at radius 1 is 1.24 bits per heavy atom. The number of benzene rings is 1. The molecule has 0 radical (unpaired) electrons. The van der Waals surface area contributed by atoms with E-state index in [4.69, 9.17) is 9.47 Å². The second-order valence-electron chi connectivity index (χ2n) is 5.62. The minimum atomic E-state index is -4.41. The topological polar surface area (TPSA) is 62.8 Å². The van der Waals surface area contributed by atoms with Crippen LogP contribution in [0.2, 0.25) is 0 Å². The number of alkyl halides is 3. The molecule has 1 aromatic carbocycles. The molecule has 0 saturated carbocycles. The standard InChI is InChI=1S/C16H22F3N3O3/c1-24-12-4-3-11(9-13(12)25-2)15(23)21-10-14(16(17,18)19)22-7-5-20-6-8-22/h3-4,9,14,20H,5-8,10H2,1-2H3,(H,21,23). The molecular formula is C16H22F3N3O3. The first-order valence-corrected chi connectivity index (χ1v) is 7.88. The molecule has 1 fully saturated rings. The molecule has 25 heavy (non-hydrogen) atoms. The Labute approximate surface area is 144 Å². The first kappa shape index (κ1) is 19.3. The fourth-order valence-corrected chi connectivity index (χ4v) is 2.71. The van der Waals surface area contributed by atoms with E-state index in [1.54, 1.807) is 0 Å². The molecular weight excluding hydrogens is 339 g/mol. The van der Waals surface area contributed by atoms with Crippen LogP contribution in [0.4, 0.5) is 13.2 Å². The second-order valence-corrected chi connectivity index (χ2v) is 5.62. The molecule has 6 nitrogen and oxygen atoms in total. The van der Waals surface area contributed by atoms with Gasteiger partial charge in [0.1, 0.15) is 6.04 Å². The van der Waals surface area contributed by atoms with Crippen LogP contribution in [0.25, 0.3) is 0 Å². The minimum absolute atomic E-state index is 0.207. The van der Waals surface area contributed by atoms with E-state index in [1.807, 2.05) is 0 Å². The van der Waals surface area contributed by atoms with E-state index in [1.165, 1.54) is 37.3 Å². The summed E-state index contributed by atoms with van der Waals surface area (Å²) in [7, 11) is 2.88. The van der Waals surface area contributed by atoms with Crippen molar-refractivity contribution in [2.75, 3.05) is 46.9 Å². The zero-order valence-electron chi connectivity index (χ0n) is 14.2. The summed E-state index contributed by atoms with van der Waals surface area (Å²) >= 11 is 0. The van der Waals surface area contributed by atoms with Gasteiger partial charge in [-0.3, -0.25) is 9.69 Å². The van der Waals surface area contributed by atoms with Crippen molar-refractivity contribution in [3.63, 3.8) is 0 Å². The van der Waals surface area contributed by atoms with Crippen molar-refractivity contribution in [3.05, 3.63) is 23.8 Å². The van der Waals surface area contributed by atoms with Crippen molar-refractivity contribution in [1.82, 2.24) is 15.5 Å². The average molecular weight is 361 g/mol. The summed E-state index contributed by atoms with van der Waals surface area (Å²) in [4.78, 5) is 13.6. The number of hydrogen-bond acceptors (Lipinski definition) is 5. The lowest BCUT2D eigenvalue weighted by Crippen LogP contribution is -2.57. The van der Waals surface area contributed by atoms with Gasteiger partial charge in [0.05, 0.1) is 14.2 Å². The van der Waals surface area contributed by atoms with Crippen molar-refractivity contribution in [1.29, 1.82) is 0 Å². The highest BCUT2D eigenvalue weighted by Crippen LogP contribution is 2.28. The third kappa shape index (κ3) is 4.99. The zero-order chi connectivity index (χ0) is 18.4. The van der Waals surface area contributed by atoms with Gasteiger partial charge in [-0.25, -0.2) is 0 Å². The van der Waals surface area contributed by atoms with Crippen LogP contribution < -0.4 is 20.1 Å². The monoisotopic (exact) mass is 361 g/mol. The molecule has 1 amide bonds. The van der Waals surface area contributed by atoms with Crippen LogP contribution in [-0.2, 0) is 0 Å². The van der Waals surface area contributed by atoms with Crippen LogP contribution in [0.15, 0.2) is 18.2 Å². The number of nitrogens with zero attached hydrogens (tertiary/aromatic N) is 1. The molecule has 1 unspecified atom stereocenters. The summed E-state index contributed by atoms with van der Waals surface area (Å²) in [6.45, 7) is 1.07. The number of methoxy groups -OCH3 is 2. The number of nitrogens with one attached hydrogen (secondary N) is 2. The third-order valence-electron chi connectivity index (χ3n) is 4.07. The predicted molar refractivity (Wildman–Crippen MR) is 86.2 cm³/mol. The van der Waals surface area contributed by atoms with E-state index in [9.17, 15) is 18.0 Å². The normalized spacial score (nSPS) is 17.0. The van der Waals surface area contributed by atoms with Gasteiger partial charge in [0.15, 0.2) is 11.5 Å². The first-order chi connectivity index (χ1) is 11.9. The van der Waals surface area contributed by atoms with Gasteiger partial charge < -0.3 is 20.1 Å². The Hall–Kier alpha value is -2.00. The highest BCUT2D eigenvalue weighted by atomic mass is 19.4. The first-order valence-electron chi connectivity index (χ1n) is 7.88. The maximum absolute atomic E-state index is 13.3. The predicted octanol–water partition coefficient (Wildman–Crippen LogP) is 1.27. The number of rotatable bonds is 6. The summed E-state index contributed by atoms with van der Waals surface area (Å²) in [5, 5.41) is 5.39. The molecule has 2 N–H and O–H groups in total. The summed E-state index contributed by atoms with van der Waals surface area (Å²) < 4.78 is 50.2. The van der Waals surface area contributed by atoms with Crippen LogP contribution >= 0.6 is 0 Å². The molecule has 1 aliphatic rings. The maximum atomic E-state index is 13.3. The highest BCUT2D eigenvalue weighted by Gasteiger charge is 2.43. The Morgan fingerprint density at radius 3 is 2.44 bits per heavy atom. The smallest absolute Gasteiger partial charge is 0.405 e. The van der Waals surface area contributed by atoms with E-state index in [2.05, 4.69) is 10.6 Å². The van der Waals surface area contributed by atoms with Gasteiger partial charge in [-0.2, -0.15) is 13.2 Å². The lowest BCUT2D eigenvalue weighted by atomic mass is 10.1. The summed E-state index contributed by atoms with van der Waals surface area (Å²) in [6, 6.07) is 2.73. The minimum Gasteiger partial charge on any atom is -0.493 e. The summed E-state index contributed by atoms with van der Waals surface area (Å²) in [6.07, 6.45) is -4.41. The molecule has 1 aromatic rings. The summed E-state index contributed by atoms with van der Waals surface area (Å²) in [5.41, 5.74) is 0.207. The number of halogens is 3. The zero-order valence-corrected chi connectivity index (χ0v) is 14.2. The third-order valence-corrected chi connectivity index (χ3v) is 4.07. The quantitative estimate of drug-likeness (QED) is 0.799. The van der Waals surface area contributed by atoms with Crippen molar-refractivity contribution >= 4 is 5.91 Å². The molecule has 0 aromatic heterocycles. The number of carbonyl (C=O) groups excluding carboxylic acids is 1. The van der Waals surface area contributed by atoms with Gasteiger partial charge >= 0.3 is 6.18 Å². The fraction of sp³-hybridized carbons (Fsp3) is 0.562. The average Bonchev–Trinajstić information content (AvgIpc) is 2.60. The van der Waals surface area contributed by atoms with E-state index in [0.717, 1.165) is 0 Å². The van der Waals surface area contributed by atoms with Gasteiger partial charge in [-0.1, -0.05) is 0 Å². The molecule has 9 heteroatoms. The fourth-order valence-electron chi connectivity index (χ4n) is 2.71. The molecule has 1 atom stereocenters. The molecule has 1 aliphatic heterocycles. The Kier molecular flexibility index (Phi) is 6.49. The van der Waals surface area contributed by atoms with Crippen molar-refractivity contribution in [2.45, 2.75) is 12.2 Å². The number of carbonyl (C=O) groups is 1. The number of piperazine rings is 1. The number of amides is 1.